The van der Waals surface area contributed by atoms with E-state index in [2.05, 4.69) is 26.8 Å². The zero-order valence-corrected chi connectivity index (χ0v) is 18.8. The fourth-order valence-electron chi connectivity index (χ4n) is 3.05. The number of allylic oxidation sites excluding steroid dienone is 1. The highest BCUT2D eigenvalue weighted by atomic mass is 32.2. The Kier molecular flexibility index (Phi) is 6.01. The van der Waals surface area contributed by atoms with Gasteiger partial charge >= 0.3 is 0 Å². The van der Waals surface area contributed by atoms with Crippen LogP contribution in [0.5, 0.6) is 0 Å². The molecule has 0 aliphatic rings. The number of fused-ring (bicyclic) bond motifs is 1. The summed E-state index contributed by atoms with van der Waals surface area (Å²) in [6, 6.07) is 9.58. The summed E-state index contributed by atoms with van der Waals surface area (Å²) in [5.41, 5.74) is 7.65. The van der Waals surface area contributed by atoms with Gasteiger partial charge in [-0.25, -0.2) is 4.98 Å². The molecule has 0 saturated carbocycles. The van der Waals surface area contributed by atoms with Crippen molar-refractivity contribution in [3.8, 4) is 0 Å². The fraction of sp³-hybridized carbons (Fsp3) is 0.190. The lowest BCUT2D eigenvalue weighted by Crippen LogP contribution is -2.22. The second-order valence-corrected chi connectivity index (χ2v) is 8.92. The average Bonchev–Trinajstić information content (AvgIpc) is 3.03. The van der Waals surface area contributed by atoms with Gasteiger partial charge in [0.15, 0.2) is 5.16 Å². The van der Waals surface area contributed by atoms with E-state index in [4.69, 9.17) is 10.7 Å². The number of hydrogen-bond donors (Lipinski definition) is 2. The van der Waals surface area contributed by atoms with Gasteiger partial charge in [0.05, 0.1) is 11.1 Å². The molecule has 158 valence electrons. The number of hydrogen-bond acceptors (Lipinski definition) is 9. The van der Waals surface area contributed by atoms with E-state index in [0.717, 1.165) is 21.0 Å². The van der Waals surface area contributed by atoms with E-state index in [1.165, 1.54) is 23.1 Å². The van der Waals surface area contributed by atoms with E-state index in [9.17, 15) is 4.79 Å². The second kappa shape index (κ2) is 8.86. The summed E-state index contributed by atoms with van der Waals surface area (Å²) in [7, 11) is 0. The number of thiophene rings is 1. The van der Waals surface area contributed by atoms with Crippen LogP contribution in [-0.4, -0.2) is 24.5 Å². The first-order valence-electron chi connectivity index (χ1n) is 9.53. The number of anilines is 3. The molecule has 4 rings (SSSR count). The van der Waals surface area contributed by atoms with Gasteiger partial charge in [-0.1, -0.05) is 36.0 Å². The van der Waals surface area contributed by atoms with Crippen molar-refractivity contribution in [2.75, 3.05) is 11.1 Å². The Morgan fingerprint density at radius 1 is 1.19 bits per heavy atom. The van der Waals surface area contributed by atoms with Gasteiger partial charge in [0, 0.05) is 17.1 Å². The fourth-order valence-corrected chi connectivity index (χ4v) is 4.98. The highest BCUT2D eigenvalue weighted by molar-refractivity contribution is 7.98. The van der Waals surface area contributed by atoms with Gasteiger partial charge in [0.1, 0.15) is 10.7 Å². The molecule has 3 aromatic heterocycles. The van der Waals surface area contributed by atoms with Crippen LogP contribution in [0.1, 0.15) is 16.3 Å². The zero-order chi connectivity index (χ0) is 22.0. The van der Waals surface area contributed by atoms with Crippen molar-refractivity contribution in [3.05, 3.63) is 69.6 Å². The molecule has 0 amide bonds. The van der Waals surface area contributed by atoms with Crippen LogP contribution >= 0.6 is 23.1 Å². The summed E-state index contributed by atoms with van der Waals surface area (Å²) in [6.45, 7) is 8.11. The molecule has 0 unspecified atom stereocenters. The SMILES string of the molecule is C=CCn1c(SCc2nc(N)nc(Nc3ccccc3)n2)nc2sc(C)c(C)c2c1=O. The molecule has 0 atom stereocenters. The molecule has 1 aromatic carbocycles. The Morgan fingerprint density at radius 2 is 1.97 bits per heavy atom. The maximum absolute atomic E-state index is 13.1. The molecule has 0 aliphatic heterocycles. The lowest BCUT2D eigenvalue weighted by atomic mass is 10.2. The van der Waals surface area contributed by atoms with Crippen molar-refractivity contribution in [2.45, 2.75) is 31.3 Å². The molecular weight excluding hydrogens is 430 g/mol. The predicted octanol–water partition coefficient (Wildman–Crippen LogP) is 4.06. The lowest BCUT2D eigenvalue weighted by molar-refractivity contribution is 0.672. The molecule has 0 bridgehead atoms. The number of rotatable bonds is 7. The Morgan fingerprint density at radius 3 is 2.71 bits per heavy atom. The molecule has 0 saturated heterocycles. The maximum atomic E-state index is 13.1. The lowest BCUT2D eigenvalue weighted by Gasteiger charge is -2.11. The molecule has 4 aromatic rings. The van der Waals surface area contributed by atoms with Gasteiger partial charge < -0.3 is 11.1 Å². The van der Waals surface area contributed by atoms with Crippen molar-refractivity contribution in [1.29, 1.82) is 0 Å². The zero-order valence-electron chi connectivity index (χ0n) is 17.1. The molecule has 3 N–H and O–H groups in total. The molecule has 0 aliphatic carbocycles. The normalized spacial score (nSPS) is 11.0. The minimum Gasteiger partial charge on any atom is -0.368 e. The Labute approximate surface area is 187 Å². The van der Waals surface area contributed by atoms with Crippen LogP contribution in [0.25, 0.3) is 10.2 Å². The smallest absolute Gasteiger partial charge is 0.263 e. The number of aryl methyl sites for hydroxylation is 2. The van der Waals surface area contributed by atoms with Crippen LogP contribution in [0.15, 0.2) is 52.9 Å². The van der Waals surface area contributed by atoms with E-state index in [-0.39, 0.29) is 11.5 Å². The van der Waals surface area contributed by atoms with Crippen molar-refractivity contribution in [2.24, 2.45) is 0 Å². The van der Waals surface area contributed by atoms with Crippen molar-refractivity contribution in [3.63, 3.8) is 0 Å². The van der Waals surface area contributed by atoms with Crippen LogP contribution in [0, 0.1) is 13.8 Å². The average molecular weight is 452 g/mol. The monoisotopic (exact) mass is 451 g/mol. The van der Waals surface area contributed by atoms with E-state index >= 15 is 0 Å². The van der Waals surface area contributed by atoms with Crippen LogP contribution in [0.4, 0.5) is 17.6 Å². The van der Waals surface area contributed by atoms with Gasteiger partial charge in [0.25, 0.3) is 5.56 Å². The van der Waals surface area contributed by atoms with E-state index in [0.29, 0.717) is 34.6 Å². The van der Waals surface area contributed by atoms with Crippen LogP contribution in [-0.2, 0) is 12.3 Å². The maximum Gasteiger partial charge on any atom is 0.263 e. The molecule has 10 heteroatoms. The second-order valence-electron chi connectivity index (χ2n) is 6.78. The van der Waals surface area contributed by atoms with E-state index in [1.54, 1.807) is 10.6 Å². The number of thioether (sulfide) groups is 1. The van der Waals surface area contributed by atoms with Gasteiger partial charge in [-0.05, 0) is 31.5 Å². The first-order chi connectivity index (χ1) is 15.0. The first-order valence-corrected chi connectivity index (χ1v) is 11.3. The Balaban J connectivity index is 1.64. The minimum atomic E-state index is -0.0594. The number of aromatic nitrogens is 5. The number of nitrogens with two attached hydrogens (primary N) is 1. The third-order valence-corrected chi connectivity index (χ3v) is 6.70. The Hall–Kier alpha value is -3.24. The molecule has 3 heterocycles. The van der Waals surface area contributed by atoms with E-state index in [1.807, 2.05) is 44.2 Å². The summed E-state index contributed by atoms with van der Waals surface area (Å²) in [6.07, 6.45) is 1.69. The predicted molar refractivity (Wildman–Crippen MR) is 127 cm³/mol. The number of para-hydroxylation sites is 1. The molecule has 31 heavy (non-hydrogen) atoms. The summed E-state index contributed by atoms with van der Waals surface area (Å²) >= 11 is 2.91. The molecule has 0 fully saturated rings. The van der Waals surface area contributed by atoms with Crippen LogP contribution in [0.3, 0.4) is 0 Å². The summed E-state index contributed by atoms with van der Waals surface area (Å²) in [4.78, 5) is 32.5. The van der Waals surface area contributed by atoms with Gasteiger partial charge in [-0.15, -0.1) is 17.9 Å². The van der Waals surface area contributed by atoms with Crippen LogP contribution in [0.2, 0.25) is 0 Å². The van der Waals surface area contributed by atoms with Gasteiger partial charge in [0.2, 0.25) is 11.9 Å². The van der Waals surface area contributed by atoms with Crippen molar-refractivity contribution >= 4 is 50.9 Å². The summed E-state index contributed by atoms with van der Waals surface area (Å²) in [5.74, 6) is 1.37. The molecule has 0 radical (unpaired) electrons. The topological polar surface area (TPSA) is 112 Å². The summed E-state index contributed by atoms with van der Waals surface area (Å²) < 4.78 is 1.63. The van der Waals surface area contributed by atoms with E-state index < -0.39 is 0 Å². The highest BCUT2D eigenvalue weighted by Gasteiger charge is 2.17. The Bertz CT molecular complexity index is 1320. The third-order valence-electron chi connectivity index (χ3n) is 4.62. The number of nitrogen functional groups attached to an aromatic ring is 1. The molecule has 0 spiro atoms. The first kappa shape index (κ1) is 21.0. The van der Waals surface area contributed by atoms with Crippen LogP contribution < -0.4 is 16.6 Å². The number of benzene rings is 1. The minimum absolute atomic E-state index is 0.0594. The quantitative estimate of drug-likeness (QED) is 0.246. The molecule has 8 nitrogen and oxygen atoms in total. The van der Waals surface area contributed by atoms with Gasteiger partial charge in [-0.3, -0.25) is 9.36 Å². The third kappa shape index (κ3) is 4.44. The summed E-state index contributed by atoms with van der Waals surface area (Å²) in [5, 5.41) is 4.39. The van der Waals surface area contributed by atoms with Crippen molar-refractivity contribution in [1.82, 2.24) is 24.5 Å². The standard InChI is InChI=1S/C21H21N7OS2/c1-4-10-28-18(29)16-12(2)13(3)31-17(16)26-21(28)30-11-15-24-19(22)27-20(25-15)23-14-8-6-5-7-9-14/h4-9H,1,10-11H2,2-3H3,(H3,22,23,24,25,27). The number of nitrogens with one attached hydrogen (secondary N) is 1. The van der Waals surface area contributed by atoms with Gasteiger partial charge in [-0.2, -0.15) is 15.0 Å². The van der Waals surface area contributed by atoms with Crippen molar-refractivity contribution < 1.29 is 0 Å². The highest BCUT2D eigenvalue weighted by Crippen LogP contribution is 2.29. The largest absolute Gasteiger partial charge is 0.368 e. The number of nitrogens with zero attached hydrogens (tertiary/aromatic N) is 5. The molecular formula is C21H21N7OS2.